The second kappa shape index (κ2) is 6.57. The molecule has 3 rings (SSSR count). The smallest absolute Gasteiger partial charge is 0.308 e. The van der Waals surface area contributed by atoms with Gasteiger partial charge in [0.15, 0.2) is 0 Å². The minimum atomic E-state index is -0.414. The molecule has 0 amide bonds. The van der Waals surface area contributed by atoms with Crippen LogP contribution in [0.2, 0.25) is 0 Å². The number of phenolic OH excluding ortho intramolecular Hbond substituents is 1. The number of rotatable bonds is 3. The molecule has 4 nitrogen and oxygen atoms in total. The van der Waals surface area contributed by atoms with Crippen LogP contribution in [0.3, 0.4) is 0 Å². The summed E-state index contributed by atoms with van der Waals surface area (Å²) in [6.07, 6.45) is 0. The number of benzene rings is 3. The fraction of sp³-hybridized carbons (Fsp3) is 0.190. The summed E-state index contributed by atoms with van der Waals surface area (Å²) >= 11 is 0. The molecular formula is C21H20O4. The lowest BCUT2D eigenvalue weighted by Gasteiger charge is -2.19. The summed E-state index contributed by atoms with van der Waals surface area (Å²) in [5.41, 5.74) is 3.37. The van der Waals surface area contributed by atoms with E-state index in [1.165, 1.54) is 6.92 Å². The number of hydrogen-bond acceptors (Lipinski definition) is 4. The molecule has 0 unspecified atom stereocenters. The number of carbonyl (C=O) groups is 1. The van der Waals surface area contributed by atoms with Gasteiger partial charge in [-0.25, -0.2) is 0 Å². The minimum Gasteiger partial charge on any atom is -0.507 e. The molecule has 3 aromatic rings. The van der Waals surface area contributed by atoms with Crippen molar-refractivity contribution in [3.63, 3.8) is 0 Å². The Labute approximate surface area is 146 Å². The normalized spacial score (nSPS) is 10.9. The molecular weight excluding hydrogens is 316 g/mol. The van der Waals surface area contributed by atoms with E-state index < -0.39 is 5.97 Å². The van der Waals surface area contributed by atoms with E-state index in [-0.39, 0.29) is 12.4 Å². The van der Waals surface area contributed by atoms with Gasteiger partial charge in [-0.1, -0.05) is 36.4 Å². The Morgan fingerprint density at radius 2 is 1.80 bits per heavy atom. The molecule has 2 N–H and O–H groups in total. The molecule has 0 aliphatic rings. The SMILES string of the molecule is CC(=O)Oc1c(C)cc(O)c(-c2c(CO)ccc3ccccc23)c1C. The van der Waals surface area contributed by atoms with E-state index in [1.54, 1.807) is 13.0 Å². The van der Waals surface area contributed by atoms with Crippen molar-refractivity contribution in [3.8, 4) is 22.6 Å². The average Bonchev–Trinajstić information content (AvgIpc) is 2.58. The van der Waals surface area contributed by atoms with Crippen LogP contribution in [0.1, 0.15) is 23.6 Å². The number of aliphatic hydroxyl groups excluding tert-OH is 1. The fourth-order valence-corrected chi connectivity index (χ4v) is 3.30. The molecule has 25 heavy (non-hydrogen) atoms. The molecule has 0 bridgehead atoms. The molecule has 0 aliphatic carbocycles. The van der Waals surface area contributed by atoms with Crippen LogP contribution < -0.4 is 4.74 Å². The zero-order valence-corrected chi connectivity index (χ0v) is 14.5. The van der Waals surface area contributed by atoms with Crippen LogP contribution in [0.15, 0.2) is 42.5 Å². The molecule has 0 fully saturated rings. The highest BCUT2D eigenvalue weighted by atomic mass is 16.5. The van der Waals surface area contributed by atoms with Crippen molar-refractivity contribution in [2.75, 3.05) is 0 Å². The van der Waals surface area contributed by atoms with Crippen LogP contribution in [0, 0.1) is 13.8 Å². The number of fused-ring (bicyclic) bond motifs is 1. The van der Waals surface area contributed by atoms with Crippen LogP contribution in [0.25, 0.3) is 21.9 Å². The number of esters is 1. The van der Waals surface area contributed by atoms with Crippen LogP contribution >= 0.6 is 0 Å². The largest absolute Gasteiger partial charge is 0.507 e. The molecule has 0 heterocycles. The van der Waals surface area contributed by atoms with Crippen molar-refractivity contribution in [1.82, 2.24) is 0 Å². The molecule has 0 spiro atoms. The van der Waals surface area contributed by atoms with Crippen molar-refractivity contribution in [2.45, 2.75) is 27.4 Å². The number of aliphatic hydroxyl groups is 1. The molecule has 0 saturated heterocycles. The fourth-order valence-electron chi connectivity index (χ4n) is 3.30. The molecule has 4 heteroatoms. The second-order valence-corrected chi connectivity index (χ2v) is 6.11. The van der Waals surface area contributed by atoms with Gasteiger partial charge >= 0.3 is 5.97 Å². The topological polar surface area (TPSA) is 66.8 Å². The zero-order valence-electron chi connectivity index (χ0n) is 14.5. The number of phenols is 1. The molecule has 0 aliphatic heterocycles. The van der Waals surface area contributed by atoms with Crippen LogP contribution in [0.4, 0.5) is 0 Å². The lowest BCUT2D eigenvalue weighted by atomic mass is 9.89. The van der Waals surface area contributed by atoms with Crippen molar-refractivity contribution >= 4 is 16.7 Å². The Kier molecular flexibility index (Phi) is 4.47. The summed E-state index contributed by atoms with van der Waals surface area (Å²) in [7, 11) is 0. The van der Waals surface area contributed by atoms with Crippen LogP contribution in [-0.2, 0) is 11.4 Å². The molecule has 0 saturated carbocycles. The van der Waals surface area contributed by atoms with Gasteiger partial charge in [0.05, 0.1) is 6.61 Å². The summed E-state index contributed by atoms with van der Waals surface area (Å²) in [4.78, 5) is 11.5. The Morgan fingerprint density at radius 3 is 2.48 bits per heavy atom. The summed E-state index contributed by atoms with van der Waals surface area (Å²) in [6, 6.07) is 13.2. The predicted octanol–water partition coefficient (Wildman–Crippen LogP) is 4.25. The van der Waals surface area contributed by atoms with E-state index in [1.807, 2.05) is 43.3 Å². The number of aryl methyl sites for hydroxylation is 1. The highest BCUT2D eigenvalue weighted by Gasteiger charge is 2.20. The van der Waals surface area contributed by atoms with Crippen LogP contribution in [0.5, 0.6) is 11.5 Å². The maximum Gasteiger partial charge on any atom is 0.308 e. The van der Waals surface area contributed by atoms with Gasteiger partial charge in [0.2, 0.25) is 0 Å². The van der Waals surface area contributed by atoms with Gasteiger partial charge in [-0.05, 0) is 47.4 Å². The third-order valence-corrected chi connectivity index (χ3v) is 4.36. The van der Waals surface area contributed by atoms with E-state index in [0.717, 1.165) is 16.3 Å². The Bertz CT molecular complexity index is 973. The number of hydrogen-bond donors (Lipinski definition) is 2. The summed E-state index contributed by atoms with van der Waals surface area (Å²) in [6.45, 7) is 4.78. The van der Waals surface area contributed by atoms with Crippen molar-refractivity contribution in [3.05, 3.63) is 59.2 Å². The highest BCUT2D eigenvalue weighted by molar-refractivity contribution is 6.01. The van der Waals surface area contributed by atoms with Crippen molar-refractivity contribution in [2.24, 2.45) is 0 Å². The first kappa shape index (κ1) is 17.0. The van der Waals surface area contributed by atoms with Crippen LogP contribution in [-0.4, -0.2) is 16.2 Å². The van der Waals surface area contributed by atoms with Gasteiger partial charge < -0.3 is 14.9 Å². The molecule has 0 aromatic heterocycles. The summed E-state index contributed by atoms with van der Waals surface area (Å²) in [5.74, 6) is 0.122. The molecule has 0 atom stereocenters. The summed E-state index contributed by atoms with van der Waals surface area (Å²) < 4.78 is 5.37. The molecule has 0 radical (unpaired) electrons. The first-order valence-electron chi connectivity index (χ1n) is 8.07. The Morgan fingerprint density at radius 1 is 1.08 bits per heavy atom. The van der Waals surface area contributed by atoms with Crippen molar-refractivity contribution in [1.29, 1.82) is 0 Å². The standard InChI is InChI=1S/C21H20O4/c1-12-10-18(24)19(13(2)21(12)25-14(3)23)20-16(11-22)9-8-15-6-4-5-7-17(15)20/h4-10,22,24H,11H2,1-3H3. The number of ether oxygens (including phenoxy) is 1. The van der Waals surface area contributed by atoms with E-state index in [0.29, 0.717) is 28.0 Å². The quantitative estimate of drug-likeness (QED) is 0.554. The van der Waals surface area contributed by atoms with E-state index in [9.17, 15) is 15.0 Å². The predicted molar refractivity (Wildman–Crippen MR) is 97.8 cm³/mol. The van der Waals surface area contributed by atoms with Gasteiger partial charge in [-0.2, -0.15) is 0 Å². The number of carbonyl (C=O) groups excluding carboxylic acids is 1. The molecule has 128 valence electrons. The first-order chi connectivity index (χ1) is 11.9. The van der Waals surface area contributed by atoms with E-state index in [4.69, 9.17) is 4.74 Å². The monoisotopic (exact) mass is 336 g/mol. The lowest BCUT2D eigenvalue weighted by molar-refractivity contribution is -0.131. The number of aromatic hydroxyl groups is 1. The van der Waals surface area contributed by atoms with Gasteiger partial charge in [-0.15, -0.1) is 0 Å². The molecule has 3 aromatic carbocycles. The van der Waals surface area contributed by atoms with Gasteiger partial charge in [0.1, 0.15) is 11.5 Å². The Balaban J connectivity index is 2.41. The van der Waals surface area contributed by atoms with Crippen molar-refractivity contribution < 1.29 is 19.7 Å². The van der Waals surface area contributed by atoms with Gasteiger partial charge in [0, 0.05) is 18.1 Å². The zero-order chi connectivity index (χ0) is 18.1. The third kappa shape index (κ3) is 2.96. The van der Waals surface area contributed by atoms with Gasteiger partial charge in [0.25, 0.3) is 0 Å². The van der Waals surface area contributed by atoms with E-state index in [2.05, 4.69) is 0 Å². The third-order valence-electron chi connectivity index (χ3n) is 4.36. The second-order valence-electron chi connectivity index (χ2n) is 6.11. The highest BCUT2D eigenvalue weighted by Crippen LogP contribution is 2.44. The maximum absolute atomic E-state index is 11.5. The Hall–Kier alpha value is -2.85. The van der Waals surface area contributed by atoms with E-state index >= 15 is 0 Å². The average molecular weight is 336 g/mol. The van der Waals surface area contributed by atoms with Gasteiger partial charge in [-0.3, -0.25) is 4.79 Å². The first-order valence-corrected chi connectivity index (χ1v) is 8.07. The maximum atomic E-state index is 11.5. The lowest BCUT2D eigenvalue weighted by Crippen LogP contribution is -2.06. The minimum absolute atomic E-state index is 0.0944. The summed E-state index contributed by atoms with van der Waals surface area (Å²) in [5, 5.41) is 22.4.